The normalized spacial score (nSPS) is 13.5. The molecule has 0 bridgehead atoms. The molecule has 0 saturated carbocycles. The molecule has 0 aliphatic heterocycles. The number of aromatic amines is 1. The van der Waals surface area contributed by atoms with E-state index in [1.807, 2.05) is 18.2 Å². The largest absolute Gasteiger partial charge is 0.508 e. The molecule has 46 heavy (non-hydrogen) atoms. The highest BCUT2D eigenvalue weighted by Gasteiger charge is 2.32. The Balaban J connectivity index is 1.80. The topological polar surface area (TPSA) is 288 Å². The van der Waals surface area contributed by atoms with E-state index in [1.54, 1.807) is 12.3 Å². The molecule has 0 spiro atoms. The number of benzene rings is 2. The van der Waals surface area contributed by atoms with Gasteiger partial charge in [0.1, 0.15) is 23.9 Å². The molecule has 0 saturated heterocycles. The van der Waals surface area contributed by atoms with Gasteiger partial charge < -0.3 is 53.5 Å². The maximum Gasteiger partial charge on any atom is 0.326 e. The molecule has 1 aromatic heterocycles. The molecule has 13 N–H and O–H groups in total. The molecule has 1 heterocycles. The van der Waals surface area contributed by atoms with E-state index in [-0.39, 0.29) is 37.5 Å². The Labute approximate surface area is 263 Å². The second-order valence-electron chi connectivity index (χ2n) is 10.6. The average Bonchev–Trinajstić information content (AvgIpc) is 3.41. The van der Waals surface area contributed by atoms with Gasteiger partial charge in [-0.15, -0.1) is 0 Å². The van der Waals surface area contributed by atoms with Gasteiger partial charge in [0.2, 0.25) is 17.7 Å². The summed E-state index contributed by atoms with van der Waals surface area (Å²) in [6.07, 6.45) is 1.11. The molecular formula is C30H38N8O8. The zero-order chi connectivity index (χ0) is 33.8. The van der Waals surface area contributed by atoms with Crippen LogP contribution < -0.4 is 33.2 Å². The SMILES string of the molecule is NC(N)=NCCCC(N)C(=O)NC(Cc1c[nH]c2ccccc12)C(=O)NC(CC(=O)O)C(=O)NC(Cc1ccc(O)cc1)C(=O)O. The number of H-pyrrole nitrogens is 1. The summed E-state index contributed by atoms with van der Waals surface area (Å²) in [4.78, 5) is 70.3. The number of nitrogens with zero attached hydrogens (tertiary/aromatic N) is 1. The minimum Gasteiger partial charge on any atom is -0.508 e. The summed E-state index contributed by atoms with van der Waals surface area (Å²) in [5, 5.41) is 36.7. The van der Waals surface area contributed by atoms with Crippen LogP contribution in [-0.2, 0) is 36.8 Å². The first-order valence-corrected chi connectivity index (χ1v) is 14.3. The summed E-state index contributed by atoms with van der Waals surface area (Å²) in [5.41, 5.74) is 18.6. The number of nitrogens with two attached hydrogens (primary N) is 3. The molecule has 4 atom stereocenters. The lowest BCUT2D eigenvalue weighted by Crippen LogP contribution is -2.58. The van der Waals surface area contributed by atoms with Gasteiger partial charge >= 0.3 is 11.9 Å². The first kappa shape index (κ1) is 34.8. The quantitative estimate of drug-likeness (QED) is 0.0488. The molecule has 3 rings (SSSR count). The third-order valence-electron chi connectivity index (χ3n) is 7.04. The van der Waals surface area contributed by atoms with Gasteiger partial charge in [-0.25, -0.2) is 4.79 Å². The van der Waals surface area contributed by atoms with Crippen molar-refractivity contribution in [1.29, 1.82) is 0 Å². The van der Waals surface area contributed by atoms with Crippen LogP contribution in [0.3, 0.4) is 0 Å². The Hall–Kier alpha value is -5.64. The molecule has 16 nitrogen and oxygen atoms in total. The predicted octanol–water partition coefficient (Wildman–Crippen LogP) is -0.947. The molecule has 0 aliphatic rings. The first-order chi connectivity index (χ1) is 21.8. The number of aromatic hydroxyl groups is 1. The van der Waals surface area contributed by atoms with Crippen molar-refractivity contribution in [2.75, 3.05) is 6.54 Å². The Morgan fingerprint density at radius 3 is 2.11 bits per heavy atom. The number of nitrogens with one attached hydrogen (secondary N) is 4. The van der Waals surface area contributed by atoms with Gasteiger partial charge in [-0.05, 0) is 42.2 Å². The van der Waals surface area contributed by atoms with Crippen molar-refractivity contribution in [2.45, 2.75) is 56.3 Å². The van der Waals surface area contributed by atoms with Crippen molar-refractivity contribution >= 4 is 46.5 Å². The van der Waals surface area contributed by atoms with E-state index < -0.39 is 60.2 Å². The van der Waals surface area contributed by atoms with E-state index in [0.29, 0.717) is 17.5 Å². The molecule has 3 aromatic rings. The van der Waals surface area contributed by atoms with Gasteiger partial charge in [0, 0.05) is 36.5 Å². The minimum atomic E-state index is -1.69. The highest BCUT2D eigenvalue weighted by atomic mass is 16.4. The van der Waals surface area contributed by atoms with Gasteiger partial charge in [-0.3, -0.25) is 24.2 Å². The van der Waals surface area contributed by atoms with Crippen LogP contribution in [-0.4, -0.2) is 86.6 Å². The van der Waals surface area contributed by atoms with Gasteiger partial charge in [0.05, 0.1) is 12.5 Å². The number of carboxylic acid groups (broad SMARTS) is 2. The van der Waals surface area contributed by atoms with Gasteiger partial charge in [0.15, 0.2) is 5.96 Å². The molecule has 0 aliphatic carbocycles. The lowest BCUT2D eigenvalue weighted by atomic mass is 10.0. The fraction of sp³-hybridized carbons (Fsp3) is 0.333. The monoisotopic (exact) mass is 638 g/mol. The summed E-state index contributed by atoms with van der Waals surface area (Å²) in [5.74, 6) is -5.61. The number of carbonyl (C=O) groups is 5. The lowest BCUT2D eigenvalue weighted by molar-refractivity contribution is -0.143. The van der Waals surface area contributed by atoms with E-state index in [2.05, 4.69) is 25.9 Å². The minimum absolute atomic E-state index is 0.0370. The Morgan fingerprint density at radius 1 is 0.826 bits per heavy atom. The van der Waals surface area contributed by atoms with Crippen LogP contribution in [0.4, 0.5) is 0 Å². The van der Waals surface area contributed by atoms with Gasteiger partial charge in [0.25, 0.3) is 0 Å². The van der Waals surface area contributed by atoms with Crippen LogP contribution in [0.1, 0.15) is 30.4 Å². The summed E-state index contributed by atoms with van der Waals surface area (Å²) in [7, 11) is 0. The van der Waals surface area contributed by atoms with Crippen LogP contribution >= 0.6 is 0 Å². The van der Waals surface area contributed by atoms with Crippen LogP contribution in [0, 0.1) is 0 Å². The van der Waals surface area contributed by atoms with Crippen molar-refractivity contribution in [1.82, 2.24) is 20.9 Å². The summed E-state index contributed by atoms with van der Waals surface area (Å²) < 4.78 is 0. The highest BCUT2D eigenvalue weighted by Crippen LogP contribution is 2.19. The number of aliphatic imine (C=N–C) groups is 1. The fourth-order valence-electron chi connectivity index (χ4n) is 4.66. The van der Waals surface area contributed by atoms with Crippen LogP contribution in [0.15, 0.2) is 59.7 Å². The smallest absolute Gasteiger partial charge is 0.326 e. The van der Waals surface area contributed by atoms with Crippen LogP contribution in [0.5, 0.6) is 5.75 Å². The second-order valence-corrected chi connectivity index (χ2v) is 10.6. The Bertz CT molecular complexity index is 1570. The first-order valence-electron chi connectivity index (χ1n) is 14.3. The summed E-state index contributed by atoms with van der Waals surface area (Å²) in [6.45, 7) is 0.235. The number of guanidine groups is 1. The zero-order valence-electron chi connectivity index (χ0n) is 24.8. The fourth-order valence-corrected chi connectivity index (χ4v) is 4.66. The van der Waals surface area contributed by atoms with Gasteiger partial charge in [-0.2, -0.15) is 0 Å². The summed E-state index contributed by atoms with van der Waals surface area (Å²) >= 11 is 0. The molecule has 0 fully saturated rings. The Kier molecular flexibility index (Phi) is 12.5. The number of hydrogen-bond donors (Lipinski definition) is 10. The van der Waals surface area contributed by atoms with E-state index in [0.717, 1.165) is 10.9 Å². The van der Waals surface area contributed by atoms with E-state index in [9.17, 15) is 39.3 Å². The molecule has 246 valence electrons. The van der Waals surface area contributed by atoms with E-state index >= 15 is 0 Å². The number of carboxylic acids is 2. The van der Waals surface area contributed by atoms with E-state index in [4.69, 9.17) is 17.2 Å². The molecule has 0 radical (unpaired) electrons. The number of aromatic nitrogens is 1. The molecule has 16 heteroatoms. The summed E-state index contributed by atoms with van der Waals surface area (Å²) in [6, 6.07) is 7.37. The number of rotatable bonds is 17. The number of hydrogen-bond acceptors (Lipinski definition) is 8. The molecular weight excluding hydrogens is 600 g/mol. The number of aliphatic carboxylic acids is 2. The third kappa shape index (κ3) is 10.5. The lowest BCUT2D eigenvalue weighted by Gasteiger charge is -2.24. The molecule has 2 aromatic carbocycles. The molecule has 3 amide bonds. The zero-order valence-corrected chi connectivity index (χ0v) is 24.8. The second kappa shape index (κ2) is 16.4. The average molecular weight is 639 g/mol. The van der Waals surface area contributed by atoms with Crippen molar-refractivity contribution in [3.63, 3.8) is 0 Å². The van der Waals surface area contributed by atoms with Crippen molar-refractivity contribution in [3.8, 4) is 5.75 Å². The number of amides is 3. The number of carbonyl (C=O) groups excluding carboxylic acids is 3. The van der Waals surface area contributed by atoms with Crippen molar-refractivity contribution < 1.29 is 39.3 Å². The van der Waals surface area contributed by atoms with Crippen LogP contribution in [0.25, 0.3) is 10.9 Å². The highest BCUT2D eigenvalue weighted by molar-refractivity contribution is 5.96. The van der Waals surface area contributed by atoms with Crippen molar-refractivity contribution in [2.24, 2.45) is 22.2 Å². The number of para-hydroxylation sites is 1. The van der Waals surface area contributed by atoms with Crippen LogP contribution in [0.2, 0.25) is 0 Å². The van der Waals surface area contributed by atoms with E-state index in [1.165, 1.54) is 24.3 Å². The van der Waals surface area contributed by atoms with Crippen molar-refractivity contribution in [3.05, 3.63) is 65.9 Å². The molecule has 4 unspecified atom stereocenters. The predicted molar refractivity (Wildman–Crippen MR) is 167 cm³/mol. The maximum atomic E-state index is 13.6. The van der Waals surface area contributed by atoms with Gasteiger partial charge in [-0.1, -0.05) is 30.3 Å². The standard InChI is InChI=1S/C30H38N8O8/c31-20(5-3-11-34-30(32)33)26(42)36-22(13-17-15-35-21-6-2-1-4-19(17)21)27(43)37-23(14-25(40)41)28(44)38-24(29(45)46)12-16-7-9-18(39)10-8-16/h1-2,4,6-10,15,20,22-24,35,39H,3,5,11-14,31H2,(H,36,42)(H,37,43)(H,38,44)(H,40,41)(H,45,46)(H4,32,33,34). The Morgan fingerprint density at radius 2 is 1.46 bits per heavy atom. The number of fused-ring (bicyclic) bond motifs is 1. The maximum absolute atomic E-state index is 13.6. The number of phenols is 1. The third-order valence-corrected chi connectivity index (χ3v) is 7.04. The number of phenolic OH excluding ortho intramolecular Hbond substituents is 1.